The van der Waals surface area contributed by atoms with E-state index in [0.29, 0.717) is 5.92 Å². The summed E-state index contributed by atoms with van der Waals surface area (Å²) in [5, 5.41) is 10.0. The first-order chi connectivity index (χ1) is 9.16. The van der Waals surface area contributed by atoms with Crippen molar-refractivity contribution < 1.29 is 14.3 Å². The molecule has 1 N–H and O–H groups in total. The number of furan rings is 1. The summed E-state index contributed by atoms with van der Waals surface area (Å²) in [5.41, 5.74) is 3.04. The molecule has 0 saturated heterocycles. The molecule has 2 aromatic rings. The van der Waals surface area contributed by atoms with E-state index in [-0.39, 0.29) is 5.76 Å². The molecule has 0 atom stereocenters. The van der Waals surface area contributed by atoms with Gasteiger partial charge in [0, 0.05) is 5.39 Å². The van der Waals surface area contributed by atoms with Crippen molar-refractivity contribution in [3.63, 3.8) is 0 Å². The third kappa shape index (κ3) is 2.14. The van der Waals surface area contributed by atoms with Crippen LogP contribution in [0.4, 0.5) is 0 Å². The minimum atomic E-state index is -0.995. The van der Waals surface area contributed by atoms with E-state index in [1.165, 1.54) is 37.7 Å². The predicted octanol–water partition coefficient (Wildman–Crippen LogP) is 4.49. The van der Waals surface area contributed by atoms with Gasteiger partial charge in [0.1, 0.15) is 5.58 Å². The first-order valence-corrected chi connectivity index (χ1v) is 6.93. The first kappa shape index (κ1) is 12.3. The van der Waals surface area contributed by atoms with Crippen LogP contribution in [0.15, 0.2) is 22.6 Å². The fraction of sp³-hybridized carbons (Fsp3) is 0.438. The summed E-state index contributed by atoms with van der Waals surface area (Å²) in [6.07, 6.45) is 6.19. The SMILES string of the molecule is Cc1ccc(C2CCCCC2)c2oc(C(=O)O)cc12. The molecule has 0 radical (unpaired) electrons. The lowest BCUT2D eigenvalue weighted by Gasteiger charge is -2.22. The second-order valence-electron chi connectivity index (χ2n) is 5.47. The Hall–Kier alpha value is -1.77. The quantitative estimate of drug-likeness (QED) is 0.863. The minimum absolute atomic E-state index is 0.0429. The van der Waals surface area contributed by atoms with Gasteiger partial charge in [-0.05, 0) is 42.9 Å². The molecule has 1 saturated carbocycles. The zero-order valence-corrected chi connectivity index (χ0v) is 11.1. The molecule has 1 heterocycles. The number of hydrogen-bond acceptors (Lipinski definition) is 2. The van der Waals surface area contributed by atoms with Crippen molar-refractivity contribution in [1.82, 2.24) is 0 Å². The Bertz CT molecular complexity index is 618. The van der Waals surface area contributed by atoms with E-state index in [9.17, 15) is 4.79 Å². The molecule has 0 bridgehead atoms. The maximum atomic E-state index is 11.1. The fourth-order valence-electron chi connectivity index (χ4n) is 3.12. The highest BCUT2D eigenvalue weighted by Crippen LogP contribution is 2.38. The molecule has 0 spiro atoms. The fourth-order valence-corrected chi connectivity index (χ4v) is 3.12. The summed E-state index contributed by atoms with van der Waals surface area (Å²) in [4.78, 5) is 11.1. The van der Waals surface area contributed by atoms with Crippen molar-refractivity contribution in [2.24, 2.45) is 0 Å². The number of carbonyl (C=O) groups is 1. The Labute approximate surface area is 112 Å². The van der Waals surface area contributed by atoms with Crippen molar-refractivity contribution >= 4 is 16.9 Å². The third-order valence-corrected chi connectivity index (χ3v) is 4.19. The van der Waals surface area contributed by atoms with Gasteiger partial charge in [-0.2, -0.15) is 0 Å². The van der Waals surface area contributed by atoms with Gasteiger partial charge < -0.3 is 9.52 Å². The average molecular weight is 258 g/mol. The van der Waals surface area contributed by atoms with Crippen LogP contribution < -0.4 is 0 Å². The molecule has 1 aromatic carbocycles. The zero-order valence-electron chi connectivity index (χ0n) is 11.1. The Balaban J connectivity index is 2.13. The summed E-state index contributed by atoms with van der Waals surface area (Å²) >= 11 is 0. The van der Waals surface area contributed by atoms with Crippen LogP contribution in [0.2, 0.25) is 0 Å². The second kappa shape index (κ2) is 4.72. The number of carboxylic acids is 1. The highest BCUT2D eigenvalue weighted by Gasteiger charge is 2.21. The normalized spacial score (nSPS) is 16.9. The van der Waals surface area contributed by atoms with Gasteiger partial charge in [0.05, 0.1) is 0 Å². The van der Waals surface area contributed by atoms with Crippen molar-refractivity contribution in [1.29, 1.82) is 0 Å². The highest BCUT2D eigenvalue weighted by molar-refractivity contribution is 5.94. The predicted molar refractivity (Wildman–Crippen MR) is 73.7 cm³/mol. The molecular formula is C16H18O3. The van der Waals surface area contributed by atoms with E-state index < -0.39 is 5.97 Å². The molecular weight excluding hydrogens is 240 g/mol. The van der Waals surface area contributed by atoms with Crippen LogP contribution in [-0.4, -0.2) is 11.1 Å². The van der Waals surface area contributed by atoms with Crippen LogP contribution >= 0.6 is 0 Å². The Morgan fingerprint density at radius 3 is 2.68 bits per heavy atom. The highest BCUT2D eigenvalue weighted by atomic mass is 16.4. The summed E-state index contributed by atoms with van der Waals surface area (Å²) in [6, 6.07) is 5.84. The number of aromatic carboxylic acids is 1. The molecule has 1 fully saturated rings. The molecule has 100 valence electrons. The molecule has 19 heavy (non-hydrogen) atoms. The average Bonchev–Trinajstić information content (AvgIpc) is 2.86. The van der Waals surface area contributed by atoms with E-state index >= 15 is 0 Å². The van der Waals surface area contributed by atoms with Gasteiger partial charge in [-0.3, -0.25) is 0 Å². The Kier molecular flexibility index (Phi) is 3.05. The maximum absolute atomic E-state index is 11.1. The second-order valence-corrected chi connectivity index (χ2v) is 5.47. The van der Waals surface area contributed by atoms with E-state index in [4.69, 9.17) is 9.52 Å². The first-order valence-electron chi connectivity index (χ1n) is 6.93. The molecule has 1 aliphatic carbocycles. The smallest absolute Gasteiger partial charge is 0.371 e. The van der Waals surface area contributed by atoms with Gasteiger partial charge in [-0.25, -0.2) is 4.79 Å². The van der Waals surface area contributed by atoms with E-state index in [1.54, 1.807) is 6.07 Å². The standard InChI is InChI=1S/C16H18O3/c1-10-7-8-12(11-5-3-2-4-6-11)15-13(10)9-14(19-15)16(17)18/h7-9,11H,2-6H2,1H3,(H,17,18). The van der Waals surface area contributed by atoms with E-state index in [2.05, 4.69) is 12.1 Å². The van der Waals surface area contributed by atoms with Crippen LogP contribution in [0.3, 0.4) is 0 Å². The van der Waals surface area contributed by atoms with Gasteiger partial charge >= 0.3 is 5.97 Å². The van der Waals surface area contributed by atoms with Crippen molar-refractivity contribution in [2.45, 2.75) is 44.9 Å². The van der Waals surface area contributed by atoms with Crippen LogP contribution in [0, 0.1) is 6.92 Å². The molecule has 0 unspecified atom stereocenters. The molecule has 3 heteroatoms. The van der Waals surface area contributed by atoms with Crippen LogP contribution in [0.25, 0.3) is 11.0 Å². The lowest BCUT2D eigenvalue weighted by molar-refractivity contribution is 0.0665. The van der Waals surface area contributed by atoms with Crippen LogP contribution in [0.5, 0.6) is 0 Å². The molecule has 1 aromatic heterocycles. The Morgan fingerprint density at radius 1 is 1.26 bits per heavy atom. The lowest BCUT2D eigenvalue weighted by Crippen LogP contribution is -2.04. The van der Waals surface area contributed by atoms with Gasteiger partial charge in [-0.15, -0.1) is 0 Å². The number of carboxylic acid groups (broad SMARTS) is 1. The number of fused-ring (bicyclic) bond motifs is 1. The molecule has 3 rings (SSSR count). The van der Waals surface area contributed by atoms with Crippen molar-refractivity contribution in [3.8, 4) is 0 Å². The summed E-state index contributed by atoms with van der Waals surface area (Å²) in [6.45, 7) is 1.99. The van der Waals surface area contributed by atoms with Crippen molar-refractivity contribution in [2.75, 3.05) is 0 Å². The topological polar surface area (TPSA) is 50.4 Å². The van der Waals surface area contributed by atoms with E-state index in [1.807, 2.05) is 6.92 Å². The van der Waals surface area contributed by atoms with Crippen LogP contribution in [0.1, 0.15) is 59.7 Å². The molecule has 3 nitrogen and oxygen atoms in total. The number of benzene rings is 1. The summed E-state index contributed by atoms with van der Waals surface area (Å²) in [5.74, 6) is -0.434. The lowest BCUT2D eigenvalue weighted by atomic mass is 9.83. The van der Waals surface area contributed by atoms with Crippen molar-refractivity contribution in [3.05, 3.63) is 35.1 Å². The maximum Gasteiger partial charge on any atom is 0.371 e. The van der Waals surface area contributed by atoms with Gasteiger partial charge in [-0.1, -0.05) is 31.4 Å². The zero-order chi connectivity index (χ0) is 13.4. The number of aryl methyl sites for hydroxylation is 1. The monoisotopic (exact) mass is 258 g/mol. The van der Waals surface area contributed by atoms with Gasteiger partial charge in [0.25, 0.3) is 0 Å². The minimum Gasteiger partial charge on any atom is -0.475 e. The van der Waals surface area contributed by atoms with Gasteiger partial charge in [0.15, 0.2) is 0 Å². The number of hydrogen-bond donors (Lipinski definition) is 1. The van der Waals surface area contributed by atoms with Gasteiger partial charge in [0.2, 0.25) is 5.76 Å². The van der Waals surface area contributed by atoms with Crippen LogP contribution in [-0.2, 0) is 0 Å². The Morgan fingerprint density at radius 2 is 2.00 bits per heavy atom. The summed E-state index contributed by atoms with van der Waals surface area (Å²) < 4.78 is 5.60. The molecule has 0 aliphatic heterocycles. The number of rotatable bonds is 2. The van der Waals surface area contributed by atoms with E-state index in [0.717, 1.165) is 16.5 Å². The summed E-state index contributed by atoms with van der Waals surface area (Å²) in [7, 11) is 0. The largest absolute Gasteiger partial charge is 0.475 e. The molecule has 0 amide bonds. The third-order valence-electron chi connectivity index (χ3n) is 4.19. The molecule has 1 aliphatic rings.